The van der Waals surface area contributed by atoms with Crippen LogP contribution in [0.4, 0.5) is 0 Å². The number of carbonyl (C=O) groups is 1. The van der Waals surface area contributed by atoms with Crippen LogP contribution in [-0.4, -0.2) is 36.6 Å². The van der Waals surface area contributed by atoms with Gasteiger partial charge >= 0.3 is 0 Å². The smallest absolute Gasteiger partial charge is 0.286 e. The summed E-state index contributed by atoms with van der Waals surface area (Å²) >= 11 is 2.29. The number of rotatable bonds is 8. The summed E-state index contributed by atoms with van der Waals surface area (Å²) in [5.41, 5.74) is 1.14. The van der Waals surface area contributed by atoms with Gasteiger partial charge in [-0.15, -0.1) is 0 Å². The second-order valence-electron chi connectivity index (χ2n) is 6.83. The summed E-state index contributed by atoms with van der Waals surface area (Å²) in [5, 5.41) is 12.3. The van der Waals surface area contributed by atoms with E-state index in [1.165, 1.54) is 3.57 Å². The molecule has 142 valence electrons. The van der Waals surface area contributed by atoms with Crippen molar-refractivity contribution < 1.29 is 19.4 Å². The molecule has 2 aliphatic rings. The number of nitrogens with one attached hydrogen (secondary N) is 1. The predicted molar refractivity (Wildman–Crippen MR) is 107 cm³/mol. The molecule has 3 rings (SSSR count). The Bertz CT molecular complexity index is 642. The number of halogens is 1. The summed E-state index contributed by atoms with van der Waals surface area (Å²) in [6.45, 7) is 2.57. The second kappa shape index (κ2) is 9.19. The maximum absolute atomic E-state index is 12.5. The average Bonchev–Trinajstić information content (AvgIpc) is 3.45. The molecule has 0 saturated heterocycles. The molecule has 0 unspecified atom stereocenters. The SMILES string of the molecule is CCO[C@@H]1OC(C(=O)NC2CC2)=C[C@H](c2ccc(I)cc2)[C@H]1CCCO. The minimum Gasteiger partial charge on any atom is -0.459 e. The number of hydrogen-bond acceptors (Lipinski definition) is 4. The first-order chi connectivity index (χ1) is 12.6. The van der Waals surface area contributed by atoms with Crippen molar-refractivity contribution in [2.75, 3.05) is 13.2 Å². The van der Waals surface area contributed by atoms with Crippen molar-refractivity contribution in [3.8, 4) is 0 Å². The van der Waals surface area contributed by atoms with Gasteiger partial charge in [0.15, 0.2) is 5.76 Å². The van der Waals surface area contributed by atoms with Crippen LogP contribution < -0.4 is 5.32 Å². The zero-order valence-electron chi connectivity index (χ0n) is 15.0. The highest BCUT2D eigenvalue weighted by Crippen LogP contribution is 2.39. The Kier molecular flexibility index (Phi) is 6.94. The Morgan fingerprint density at radius 1 is 1.35 bits per heavy atom. The predicted octanol–water partition coefficient (Wildman–Crippen LogP) is 3.32. The van der Waals surface area contributed by atoms with E-state index < -0.39 is 6.29 Å². The fraction of sp³-hybridized carbons (Fsp3) is 0.550. The summed E-state index contributed by atoms with van der Waals surface area (Å²) in [4.78, 5) is 12.5. The summed E-state index contributed by atoms with van der Waals surface area (Å²) < 4.78 is 13.0. The summed E-state index contributed by atoms with van der Waals surface area (Å²) in [6.07, 6.45) is 4.96. The highest BCUT2D eigenvalue weighted by molar-refractivity contribution is 14.1. The lowest BCUT2D eigenvalue weighted by atomic mass is 9.80. The Hall–Kier alpha value is -1.12. The second-order valence-corrected chi connectivity index (χ2v) is 8.07. The molecule has 0 spiro atoms. The number of carbonyl (C=O) groups excluding carboxylic acids is 1. The van der Waals surface area contributed by atoms with E-state index in [1.807, 2.05) is 13.0 Å². The van der Waals surface area contributed by atoms with Crippen LogP contribution in [-0.2, 0) is 14.3 Å². The van der Waals surface area contributed by atoms with Gasteiger partial charge in [0.2, 0.25) is 6.29 Å². The van der Waals surface area contributed by atoms with Crippen LogP contribution >= 0.6 is 22.6 Å². The first kappa shape index (κ1) is 19.6. The van der Waals surface area contributed by atoms with Gasteiger partial charge in [-0.05, 0) is 79.0 Å². The van der Waals surface area contributed by atoms with Gasteiger partial charge in [0, 0.05) is 34.7 Å². The van der Waals surface area contributed by atoms with Crippen molar-refractivity contribution in [3.63, 3.8) is 0 Å². The van der Waals surface area contributed by atoms with Crippen LogP contribution in [0.15, 0.2) is 36.1 Å². The molecule has 0 bridgehead atoms. The molecule has 1 saturated carbocycles. The molecule has 1 aliphatic heterocycles. The van der Waals surface area contributed by atoms with Gasteiger partial charge in [-0.25, -0.2) is 0 Å². The third kappa shape index (κ3) is 4.98. The lowest BCUT2D eigenvalue weighted by Gasteiger charge is -2.37. The number of ether oxygens (including phenoxy) is 2. The Morgan fingerprint density at radius 3 is 2.69 bits per heavy atom. The van der Waals surface area contributed by atoms with E-state index in [0.29, 0.717) is 18.8 Å². The Labute approximate surface area is 168 Å². The van der Waals surface area contributed by atoms with Crippen LogP contribution in [0.2, 0.25) is 0 Å². The lowest BCUT2D eigenvalue weighted by molar-refractivity contribution is -0.166. The largest absolute Gasteiger partial charge is 0.459 e. The van der Waals surface area contributed by atoms with Gasteiger partial charge in [0.25, 0.3) is 5.91 Å². The normalized spacial score (nSPS) is 25.3. The third-order valence-corrected chi connectivity index (χ3v) is 5.52. The fourth-order valence-corrected chi connectivity index (χ4v) is 3.67. The minimum absolute atomic E-state index is 0.0174. The lowest BCUT2D eigenvalue weighted by Crippen LogP contribution is -2.39. The summed E-state index contributed by atoms with van der Waals surface area (Å²) in [7, 11) is 0. The topological polar surface area (TPSA) is 67.8 Å². The van der Waals surface area contributed by atoms with Crippen LogP contribution in [0, 0.1) is 9.49 Å². The molecule has 1 aliphatic carbocycles. The molecule has 3 atom stereocenters. The molecule has 1 heterocycles. The van der Waals surface area contributed by atoms with Gasteiger partial charge in [0.05, 0.1) is 0 Å². The molecule has 26 heavy (non-hydrogen) atoms. The van der Waals surface area contributed by atoms with E-state index >= 15 is 0 Å². The summed E-state index contributed by atoms with van der Waals surface area (Å²) in [5.74, 6) is 0.260. The van der Waals surface area contributed by atoms with Crippen molar-refractivity contribution in [2.24, 2.45) is 5.92 Å². The van der Waals surface area contributed by atoms with Crippen molar-refractivity contribution in [1.29, 1.82) is 0 Å². The van der Waals surface area contributed by atoms with E-state index in [4.69, 9.17) is 9.47 Å². The van der Waals surface area contributed by atoms with Crippen molar-refractivity contribution in [1.82, 2.24) is 5.32 Å². The third-order valence-electron chi connectivity index (χ3n) is 4.80. The van der Waals surface area contributed by atoms with Gasteiger partial charge in [-0.2, -0.15) is 0 Å². The van der Waals surface area contributed by atoms with Gasteiger partial charge < -0.3 is 19.9 Å². The molecule has 0 aromatic heterocycles. The molecule has 1 amide bonds. The molecule has 2 N–H and O–H groups in total. The highest BCUT2D eigenvalue weighted by atomic mass is 127. The number of allylic oxidation sites excluding steroid dienone is 1. The van der Waals surface area contributed by atoms with E-state index in [2.05, 4.69) is 52.2 Å². The molecular weight excluding hydrogens is 445 g/mol. The maximum atomic E-state index is 12.5. The molecule has 1 fully saturated rings. The average molecular weight is 471 g/mol. The first-order valence-corrected chi connectivity index (χ1v) is 10.4. The van der Waals surface area contributed by atoms with E-state index in [-0.39, 0.29) is 30.4 Å². The fourth-order valence-electron chi connectivity index (χ4n) is 3.31. The van der Waals surface area contributed by atoms with Crippen molar-refractivity contribution in [3.05, 3.63) is 45.2 Å². The van der Waals surface area contributed by atoms with Gasteiger partial charge in [-0.3, -0.25) is 4.79 Å². The number of aliphatic hydroxyl groups excluding tert-OH is 1. The van der Waals surface area contributed by atoms with E-state index in [1.54, 1.807) is 0 Å². The maximum Gasteiger partial charge on any atom is 0.286 e. The van der Waals surface area contributed by atoms with Crippen molar-refractivity contribution in [2.45, 2.75) is 50.9 Å². The van der Waals surface area contributed by atoms with Crippen molar-refractivity contribution >= 4 is 28.5 Å². The quantitative estimate of drug-likeness (QED) is 0.571. The molecular formula is C20H26INO4. The van der Waals surface area contributed by atoms with Crippen LogP contribution in [0.1, 0.15) is 44.1 Å². The number of benzene rings is 1. The Morgan fingerprint density at radius 2 is 2.08 bits per heavy atom. The molecule has 5 nitrogen and oxygen atoms in total. The molecule has 1 aromatic rings. The standard InChI is InChI=1S/C20H26INO4/c1-2-25-20-16(4-3-11-23)17(13-5-7-14(21)8-6-13)12-18(26-20)19(24)22-15-9-10-15/h5-8,12,15-17,20,23H,2-4,9-11H2,1H3,(H,22,24)/t16-,17-,20-/m1/s1. The molecule has 0 radical (unpaired) electrons. The highest BCUT2D eigenvalue weighted by Gasteiger charge is 2.38. The first-order valence-electron chi connectivity index (χ1n) is 9.29. The summed E-state index contributed by atoms with van der Waals surface area (Å²) in [6, 6.07) is 8.62. The Balaban J connectivity index is 1.90. The number of aliphatic hydroxyl groups is 1. The minimum atomic E-state index is -0.485. The van der Waals surface area contributed by atoms with E-state index in [0.717, 1.165) is 24.8 Å². The van der Waals surface area contributed by atoms with Crippen LogP contribution in [0.5, 0.6) is 0 Å². The number of hydrogen-bond donors (Lipinski definition) is 2. The van der Waals surface area contributed by atoms with Gasteiger partial charge in [-0.1, -0.05) is 12.1 Å². The zero-order valence-corrected chi connectivity index (χ0v) is 17.1. The van der Waals surface area contributed by atoms with Crippen LogP contribution in [0.25, 0.3) is 0 Å². The van der Waals surface area contributed by atoms with E-state index in [9.17, 15) is 9.90 Å². The number of amides is 1. The zero-order chi connectivity index (χ0) is 18.5. The molecule has 1 aromatic carbocycles. The monoisotopic (exact) mass is 471 g/mol. The van der Waals surface area contributed by atoms with Crippen LogP contribution in [0.3, 0.4) is 0 Å². The van der Waals surface area contributed by atoms with Gasteiger partial charge in [0.1, 0.15) is 0 Å². The molecule has 6 heteroatoms.